The molecule has 2 N–H and O–H groups in total. The summed E-state index contributed by atoms with van der Waals surface area (Å²) in [4.78, 5) is 2.00. The van der Waals surface area contributed by atoms with Crippen molar-refractivity contribution in [1.82, 2.24) is 4.90 Å². The summed E-state index contributed by atoms with van der Waals surface area (Å²) in [6, 6.07) is 0. The van der Waals surface area contributed by atoms with Gasteiger partial charge in [-0.25, -0.2) is 0 Å². The van der Waals surface area contributed by atoms with Crippen molar-refractivity contribution < 1.29 is 4.74 Å². The molecule has 0 fully saturated rings. The van der Waals surface area contributed by atoms with Crippen molar-refractivity contribution >= 4 is 17.3 Å². The monoisotopic (exact) mass is 204 g/mol. The SMILES string of the molecule is CN(C)CC(=S)OCCCCCN. The van der Waals surface area contributed by atoms with Crippen molar-refractivity contribution in [2.45, 2.75) is 19.3 Å². The third-order valence-electron chi connectivity index (χ3n) is 1.56. The first-order chi connectivity index (χ1) is 6.16. The molecule has 0 aliphatic carbocycles. The van der Waals surface area contributed by atoms with Gasteiger partial charge in [0.05, 0.1) is 13.2 Å². The topological polar surface area (TPSA) is 38.5 Å². The molecule has 0 aromatic heterocycles. The van der Waals surface area contributed by atoms with Crippen LogP contribution in [0.5, 0.6) is 0 Å². The van der Waals surface area contributed by atoms with E-state index in [4.69, 9.17) is 22.7 Å². The summed E-state index contributed by atoms with van der Waals surface area (Å²) in [6.45, 7) is 2.22. The largest absolute Gasteiger partial charge is 0.486 e. The maximum Gasteiger partial charge on any atom is 0.173 e. The highest BCUT2D eigenvalue weighted by molar-refractivity contribution is 7.80. The van der Waals surface area contributed by atoms with Crippen molar-refractivity contribution in [3.8, 4) is 0 Å². The second-order valence-electron chi connectivity index (χ2n) is 3.31. The van der Waals surface area contributed by atoms with Crippen molar-refractivity contribution in [2.24, 2.45) is 5.73 Å². The number of likely N-dealkylation sites (N-methyl/N-ethyl adjacent to an activating group) is 1. The molecular weight excluding hydrogens is 184 g/mol. The zero-order valence-electron chi connectivity index (χ0n) is 8.58. The minimum Gasteiger partial charge on any atom is -0.486 e. The smallest absolute Gasteiger partial charge is 0.173 e. The van der Waals surface area contributed by atoms with Crippen LogP contribution in [0.15, 0.2) is 0 Å². The number of ether oxygens (including phenoxy) is 1. The van der Waals surface area contributed by atoms with E-state index in [1.165, 1.54) is 0 Å². The van der Waals surface area contributed by atoms with Crippen LogP contribution in [0.25, 0.3) is 0 Å². The Labute approximate surface area is 86.2 Å². The summed E-state index contributed by atoms with van der Waals surface area (Å²) in [5.74, 6) is 0. The molecule has 0 aliphatic rings. The molecule has 0 heterocycles. The molecule has 0 amide bonds. The highest BCUT2D eigenvalue weighted by Gasteiger charge is 1.98. The van der Waals surface area contributed by atoms with E-state index in [9.17, 15) is 0 Å². The van der Waals surface area contributed by atoms with E-state index in [0.29, 0.717) is 5.05 Å². The summed E-state index contributed by atoms with van der Waals surface area (Å²) >= 11 is 5.02. The van der Waals surface area contributed by atoms with Crippen LogP contribution >= 0.6 is 12.2 Å². The number of hydrogen-bond donors (Lipinski definition) is 1. The molecule has 0 radical (unpaired) electrons. The number of rotatable bonds is 7. The lowest BCUT2D eigenvalue weighted by atomic mass is 10.2. The maximum atomic E-state index is 5.36. The van der Waals surface area contributed by atoms with Crippen LogP contribution in [0.2, 0.25) is 0 Å². The number of thiocarbonyl (C=S) groups is 1. The Morgan fingerprint density at radius 1 is 1.31 bits per heavy atom. The summed E-state index contributed by atoms with van der Waals surface area (Å²) in [7, 11) is 3.95. The molecule has 0 aromatic carbocycles. The number of nitrogens with two attached hydrogens (primary N) is 1. The molecule has 0 unspecified atom stereocenters. The predicted octanol–water partition coefficient (Wildman–Crippen LogP) is 1.02. The van der Waals surface area contributed by atoms with Crippen LogP contribution in [0.1, 0.15) is 19.3 Å². The lowest BCUT2D eigenvalue weighted by molar-refractivity contribution is 0.281. The Morgan fingerprint density at radius 2 is 2.00 bits per heavy atom. The molecule has 0 aromatic rings. The highest BCUT2D eigenvalue weighted by Crippen LogP contribution is 1.95. The summed E-state index contributed by atoms with van der Waals surface area (Å²) in [6.07, 6.45) is 3.25. The lowest BCUT2D eigenvalue weighted by Gasteiger charge is -2.11. The van der Waals surface area contributed by atoms with Gasteiger partial charge >= 0.3 is 0 Å². The van der Waals surface area contributed by atoms with Gasteiger partial charge in [-0.15, -0.1) is 0 Å². The van der Waals surface area contributed by atoms with E-state index in [-0.39, 0.29) is 0 Å². The van der Waals surface area contributed by atoms with E-state index in [1.54, 1.807) is 0 Å². The average Bonchev–Trinajstić information content (AvgIpc) is 2.02. The standard InChI is InChI=1S/C9H20N2OS/c1-11(2)8-9(13)12-7-5-3-4-6-10/h3-8,10H2,1-2H3. The van der Waals surface area contributed by atoms with Crippen molar-refractivity contribution in [3.05, 3.63) is 0 Å². The quantitative estimate of drug-likeness (QED) is 0.496. The van der Waals surface area contributed by atoms with Gasteiger partial charge in [-0.1, -0.05) is 0 Å². The molecule has 0 atom stereocenters. The third kappa shape index (κ3) is 9.73. The fourth-order valence-electron chi connectivity index (χ4n) is 0.913. The van der Waals surface area contributed by atoms with Gasteiger partial charge in [-0.05, 0) is 52.1 Å². The Morgan fingerprint density at radius 3 is 2.54 bits per heavy atom. The van der Waals surface area contributed by atoms with E-state index >= 15 is 0 Å². The van der Waals surface area contributed by atoms with Gasteiger partial charge in [0.2, 0.25) is 0 Å². The zero-order chi connectivity index (χ0) is 10.1. The predicted molar refractivity (Wildman–Crippen MR) is 60.0 cm³/mol. The second-order valence-corrected chi connectivity index (χ2v) is 3.76. The summed E-state index contributed by atoms with van der Waals surface area (Å²) in [5, 5.41) is 0.678. The first-order valence-electron chi connectivity index (χ1n) is 4.67. The van der Waals surface area contributed by atoms with E-state index in [2.05, 4.69) is 0 Å². The molecule has 0 aliphatic heterocycles. The second kappa shape index (κ2) is 8.41. The van der Waals surface area contributed by atoms with E-state index < -0.39 is 0 Å². The minimum absolute atomic E-state index is 0.678. The number of unbranched alkanes of at least 4 members (excludes halogenated alkanes) is 2. The molecule has 4 heteroatoms. The Bertz CT molecular complexity index is 140. The van der Waals surface area contributed by atoms with Gasteiger partial charge in [-0.2, -0.15) is 0 Å². The van der Waals surface area contributed by atoms with Crippen molar-refractivity contribution in [3.63, 3.8) is 0 Å². The van der Waals surface area contributed by atoms with Gasteiger partial charge < -0.3 is 15.4 Å². The zero-order valence-corrected chi connectivity index (χ0v) is 9.40. The molecule has 0 saturated carbocycles. The van der Waals surface area contributed by atoms with Crippen molar-refractivity contribution in [2.75, 3.05) is 33.8 Å². The molecule has 0 saturated heterocycles. The van der Waals surface area contributed by atoms with Crippen LogP contribution in [-0.2, 0) is 4.74 Å². The van der Waals surface area contributed by atoms with Crippen LogP contribution in [0.4, 0.5) is 0 Å². The molecule has 78 valence electrons. The Kier molecular flexibility index (Phi) is 8.29. The molecule has 0 rings (SSSR count). The normalized spacial score (nSPS) is 10.5. The third-order valence-corrected chi connectivity index (χ3v) is 1.80. The fraction of sp³-hybridized carbons (Fsp3) is 0.889. The first-order valence-corrected chi connectivity index (χ1v) is 5.08. The maximum absolute atomic E-state index is 5.36. The van der Waals surface area contributed by atoms with E-state index in [0.717, 1.165) is 39.0 Å². The molecular formula is C9H20N2OS. The minimum atomic E-state index is 0.678. The van der Waals surface area contributed by atoms with Gasteiger partial charge in [0.15, 0.2) is 5.05 Å². The number of nitrogens with zero attached hydrogens (tertiary/aromatic N) is 1. The van der Waals surface area contributed by atoms with Gasteiger partial charge in [0.1, 0.15) is 0 Å². The summed E-state index contributed by atoms with van der Waals surface area (Å²) in [5.41, 5.74) is 5.36. The lowest BCUT2D eigenvalue weighted by Crippen LogP contribution is -2.22. The Balaban J connectivity index is 3.17. The number of hydrogen-bond acceptors (Lipinski definition) is 4. The molecule has 3 nitrogen and oxygen atoms in total. The van der Waals surface area contributed by atoms with Crippen LogP contribution < -0.4 is 5.73 Å². The summed E-state index contributed by atoms with van der Waals surface area (Å²) < 4.78 is 5.35. The van der Waals surface area contributed by atoms with Gasteiger partial charge in [0.25, 0.3) is 0 Å². The van der Waals surface area contributed by atoms with E-state index in [1.807, 2.05) is 19.0 Å². The first kappa shape index (κ1) is 12.8. The van der Waals surface area contributed by atoms with Crippen LogP contribution in [0.3, 0.4) is 0 Å². The van der Waals surface area contributed by atoms with Crippen molar-refractivity contribution in [1.29, 1.82) is 0 Å². The highest BCUT2D eigenvalue weighted by atomic mass is 32.1. The average molecular weight is 204 g/mol. The Hall–Kier alpha value is -0.190. The van der Waals surface area contributed by atoms with Gasteiger partial charge in [0, 0.05) is 0 Å². The van der Waals surface area contributed by atoms with Gasteiger partial charge in [-0.3, -0.25) is 0 Å². The molecule has 13 heavy (non-hydrogen) atoms. The van der Waals surface area contributed by atoms with Crippen LogP contribution in [-0.4, -0.2) is 43.7 Å². The van der Waals surface area contributed by atoms with Crippen LogP contribution in [0, 0.1) is 0 Å². The fourth-order valence-corrected chi connectivity index (χ4v) is 1.25. The molecule has 0 spiro atoms. The molecule has 0 bridgehead atoms.